The Balaban J connectivity index is 2.69. The van der Waals surface area contributed by atoms with Crippen LogP contribution >= 0.6 is 0 Å². The third-order valence-electron chi connectivity index (χ3n) is 2.51. The first-order valence-electron chi connectivity index (χ1n) is 5.37. The molecule has 0 aliphatic heterocycles. The highest BCUT2D eigenvalue weighted by Crippen LogP contribution is 2.18. The molecule has 2 rings (SSSR count). The maximum Gasteiger partial charge on any atom is 0.259 e. The van der Waals surface area contributed by atoms with Gasteiger partial charge in [0.25, 0.3) is 5.56 Å². The Labute approximate surface area is 94.2 Å². The van der Waals surface area contributed by atoms with Crippen LogP contribution in [0.1, 0.15) is 18.4 Å². The topological polar surface area (TPSA) is 45.8 Å². The van der Waals surface area contributed by atoms with Crippen molar-refractivity contribution in [2.24, 2.45) is 0 Å². The molecule has 0 radical (unpaired) electrons. The lowest BCUT2D eigenvalue weighted by atomic mass is 10.0. The van der Waals surface area contributed by atoms with Gasteiger partial charge in [-0.05, 0) is 18.9 Å². The van der Waals surface area contributed by atoms with Gasteiger partial charge in [-0.1, -0.05) is 37.3 Å². The molecule has 0 saturated heterocycles. The average molecular weight is 214 g/mol. The Bertz CT molecular complexity index is 544. The number of hydrogen-bond acceptors (Lipinski definition) is 2. The number of hydrogen-bond donors (Lipinski definition) is 1. The fourth-order valence-electron chi connectivity index (χ4n) is 1.80. The highest BCUT2D eigenvalue weighted by atomic mass is 16.1. The first kappa shape index (κ1) is 10.6. The van der Waals surface area contributed by atoms with Crippen LogP contribution in [-0.4, -0.2) is 9.97 Å². The van der Waals surface area contributed by atoms with Crippen LogP contribution in [0.15, 0.2) is 35.1 Å². The molecular formula is C13H14N2O. The van der Waals surface area contributed by atoms with Gasteiger partial charge >= 0.3 is 0 Å². The highest BCUT2D eigenvalue weighted by molar-refractivity contribution is 5.64. The van der Waals surface area contributed by atoms with E-state index in [0.717, 1.165) is 17.7 Å². The summed E-state index contributed by atoms with van der Waals surface area (Å²) in [5, 5.41) is 0. The lowest BCUT2D eigenvalue weighted by molar-refractivity contribution is 0.934. The van der Waals surface area contributed by atoms with E-state index in [1.165, 1.54) is 0 Å². The Morgan fingerprint density at radius 2 is 1.94 bits per heavy atom. The number of aryl methyl sites for hydroxylation is 2. The molecule has 0 aliphatic carbocycles. The van der Waals surface area contributed by atoms with Crippen molar-refractivity contribution in [2.45, 2.75) is 20.3 Å². The van der Waals surface area contributed by atoms with Gasteiger partial charge in [0.1, 0.15) is 5.82 Å². The Morgan fingerprint density at radius 1 is 1.25 bits per heavy atom. The van der Waals surface area contributed by atoms with Gasteiger partial charge in [-0.25, -0.2) is 4.98 Å². The lowest BCUT2D eigenvalue weighted by Gasteiger charge is -2.06. The number of H-pyrrole nitrogens is 1. The van der Waals surface area contributed by atoms with Gasteiger partial charge in [0.05, 0.1) is 11.3 Å². The van der Waals surface area contributed by atoms with Crippen molar-refractivity contribution in [3.63, 3.8) is 0 Å². The minimum atomic E-state index is -0.0597. The fourth-order valence-corrected chi connectivity index (χ4v) is 1.80. The van der Waals surface area contributed by atoms with Crippen molar-refractivity contribution in [3.8, 4) is 11.1 Å². The zero-order valence-corrected chi connectivity index (χ0v) is 9.45. The molecule has 1 aromatic carbocycles. The molecule has 3 heteroatoms. The van der Waals surface area contributed by atoms with E-state index in [4.69, 9.17) is 0 Å². The lowest BCUT2D eigenvalue weighted by Crippen LogP contribution is -2.15. The van der Waals surface area contributed by atoms with Crippen LogP contribution < -0.4 is 5.56 Å². The summed E-state index contributed by atoms with van der Waals surface area (Å²) in [4.78, 5) is 19.0. The van der Waals surface area contributed by atoms with Gasteiger partial charge in [-0.3, -0.25) is 4.79 Å². The minimum Gasteiger partial charge on any atom is -0.310 e. The number of nitrogens with zero attached hydrogens (tertiary/aromatic N) is 1. The van der Waals surface area contributed by atoms with Gasteiger partial charge in [0.15, 0.2) is 0 Å². The van der Waals surface area contributed by atoms with E-state index in [0.29, 0.717) is 11.4 Å². The van der Waals surface area contributed by atoms with Crippen molar-refractivity contribution >= 4 is 0 Å². The summed E-state index contributed by atoms with van der Waals surface area (Å²) in [7, 11) is 0. The van der Waals surface area contributed by atoms with Crippen molar-refractivity contribution in [1.29, 1.82) is 0 Å². The Morgan fingerprint density at radius 3 is 2.56 bits per heavy atom. The summed E-state index contributed by atoms with van der Waals surface area (Å²) >= 11 is 0. The standard InChI is InChI=1S/C13H14N2O/c1-3-11-12(10-7-5-4-6-8-10)13(16)15-9(2)14-11/h4-8H,3H2,1-2H3,(H,14,15,16). The zero-order valence-electron chi connectivity index (χ0n) is 9.45. The predicted molar refractivity (Wildman–Crippen MR) is 64.4 cm³/mol. The first-order chi connectivity index (χ1) is 7.72. The second kappa shape index (κ2) is 4.31. The molecule has 3 nitrogen and oxygen atoms in total. The number of aromatic nitrogens is 2. The molecule has 0 unspecified atom stereocenters. The summed E-state index contributed by atoms with van der Waals surface area (Å²) in [6.07, 6.45) is 0.759. The molecule has 1 aromatic heterocycles. The molecule has 0 atom stereocenters. The molecule has 0 aliphatic rings. The van der Waals surface area contributed by atoms with Crippen molar-refractivity contribution < 1.29 is 0 Å². The third-order valence-corrected chi connectivity index (χ3v) is 2.51. The summed E-state index contributed by atoms with van der Waals surface area (Å²) in [6.45, 7) is 3.81. The van der Waals surface area contributed by atoms with Crippen LogP contribution in [0.25, 0.3) is 11.1 Å². The molecule has 1 N–H and O–H groups in total. The Kier molecular flexibility index (Phi) is 2.86. The van der Waals surface area contributed by atoms with Crippen LogP contribution in [0.2, 0.25) is 0 Å². The van der Waals surface area contributed by atoms with E-state index in [1.54, 1.807) is 6.92 Å². The second-order valence-electron chi connectivity index (χ2n) is 3.69. The molecule has 0 saturated carbocycles. The Hall–Kier alpha value is -1.90. The highest BCUT2D eigenvalue weighted by Gasteiger charge is 2.10. The maximum absolute atomic E-state index is 11.9. The number of aromatic amines is 1. The predicted octanol–water partition coefficient (Wildman–Crippen LogP) is 2.31. The monoisotopic (exact) mass is 214 g/mol. The van der Waals surface area contributed by atoms with Gasteiger partial charge in [0.2, 0.25) is 0 Å². The van der Waals surface area contributed by atoms with Gasteiger partial charge in [-0.15, -0.1) is 0 Å². The van der Waals surface area contributed by atoms with Gasteiger partial charge in [-0.2, -0.15) is 0 Å². The fraction of sp³-hybridized carbons (Fsp3) is 0.231. The van der Waals surface area contributed by atoms with Crippen LogP contribution in [0.4, 0.5) is 0 Å². The van der Waals surface area contributed by atoms with Crippen LogP contribution in [0.3, 0.4) is 0 Å². The molecular weight excluding hydrogens is 200 g/mol. The molecule has 0 fully saturated rings. The SMILES string of the molecule is CCc1nc(C)[nH]c(=O)c1-c1ccccc1. The van der Waals surface area contributed by atoms with Crippen molar-refractivity contribution in [1.82, 2.24) is 9.97 Å². The number of nitrogens with one attached hydrogen (secondary N) is 1. The van der Waals surface area contributed by atoms with E-state index in [9.17, 15) is 4.79 Å². The molecule has 0 bridgehead atoms. The van der Waals surface area contributed by atoms with Crippen LogP contribution in [0, 0.1) is 6.92 Å². The molecule has 1 heterocycles. The second-order valence-corrected chi connectivity index (χ2v) is 3.69. The minimum absolute atomic E-state index is 0.0597. The summed E-state index contributed by atoms with van der Waals surface area (Å²) < 4.78 is 0. The third kappa shape index (κ3) is 1.89. The molecule has 2 aromatic rings. The zero-order chi connectivity index (χ0) is 11.5. The molecule has 0 spiro atoms. The maximum atomic E-state index is 11.9. The smallest absolute Gasteiger partial charge is 0.259 e. The van der Waals surface area contributed by atoms with Crippen LogP contribution in [-0.2, 0) is 6.42 Å². The van der Waals surface area contributed by atoms with Gasteiger partial charge in [0, 0.05) is 0 Å². The van der Waals surface area contributed by atoms with E-state index in [1.807, 2.05) is 37.3 Å². The molecule has 0 amide bonds. The summed E-state index contributed by atoms with van der Waals surface area (Å²) in [5.41, 5.74) is 2.41. The van der Waals surface area contributed by atoms with Crippen molar-refractivity contribution in [3.05, 3.63) is 52.2 Å². The largest absolute Gasteiger partial charge is 0.310 e. The normalized spacial score (nSPS) is 10.4. The first-order valence-corrected chi connectivity index (χ1v) is 5.37. The van der Waals surface area contributed by atoms with E-state index in [-0.39, 0.29) is 5.56 Å². The van der Waals surface area contributed by atoms with Gasteiger partial charge < -0.3 is 4.98 Å². The molecule has 82 valence electrons. The molecule has 16 heavy (non-hydrogen) atoms. The summed E-state index contributed by atoms with van der Waals surface area (Å²) in [6, 6.07) is 9.65. The quantitative estimate of drug-likeness (QED) is 0.833. The average Bonchev–Trinajstić information content (AvgIpc) is 2.29. The van der Waals surface area contributed by atoms with E-state index < -0.39 is 0 Å². The van der Waals surface area contributed by atoms with E-state index in [2.05, 4.69) is 9.97 Å². The van der Waals surface area contributed by atoms with Crippen molar-refractivity contribution in [2.75, 3.05) is 0 Å². The summed E-state index contributed by atoms with van der Waals surface area (Å²) in [5.74, 6) is 0.668. The number of benzene rings is 1. The number of rotatable bonds is 2. The van der Waals surface area contributed by atoms with E-state index >= 15 is 0 Å². The van der Waals surface area contributed by atoms with Crippen LogP contribution in [0.5, 0.6) is 0 Å².